The van der Waals surface area contributed by atoms with Gasteiger partial charge < -0.3 is 4.74 Å². The Morgan fingerprint density at radius 1 is 0.938 bits per heavy atom. The largest absolute Gasteiger partial charge is 0.497 e. The quantitative estimate of drug-likeness (QED) is 0.480. The lowest BCUT2D eigenvalue weighted by atomic mass is 9.93. The van der Waals surface area contributed by atoms with E-state index in [4.69, 9.17) is 4.74 Å². The molecule has 1 heterocycles. The van der Waals surface area contributed by atoms with Crippen LogP contribution in [0.15, 0.2) is 95.1 Å². The highest BCUT2D eigenvalue weighted by atomic mass is 16.5. The van der Waals surface area contributed by atoms with Gasteiger partial charge in [0.1, 0.15) is 11.7 Å². The predicted octanol–water partition coefficient (Wildman–Crippen LogP) is 3.87. The zero-order chi connectivity index (χ0) is 22.5. The summed E-state index contributed by atoms with van der Waals surface area (Å²) >= 11 is 0. The van der Waals surface area contributed by atoms with Gasteiger partial charge in [0, 0.05) is 5.56 Å². The number of para-hydroxylation sites is 1. The van der Waals surface area contributed by atoms with E-state index in [0.717, 1.165) is 5.56 Å². The molecule has 1 unspecified atom stereocenters. The van der Waals surface area contributed by atoms with Crippen LogP contribution >= 0.6 is 0 Å². The molecule has 0 radical (unpaired) electrons. The van der Waals surface area contributed by atoms with Crippen molar-refractivity contribution in [3.8, 4) is 5.75 Å². The van der Waals surface area contributed by atoms with Crippen LogP contribution in [0.3, 0.4) is 0 Å². The molecule has 0 fully saturated rings. The number of nitrogens with zero attached hydrogens (tertiary/aromatic N) is 3. The summed E-state index contributed by atoms with van der Waals surface area (Å²) in [4.78, 5) is 26.0. The topological polar surface area (TPSA) is 83.4 Å². The van der Waals surface area contributed by atoms with Gasteiger partial charge in [0.05, 0.1) is 24.2 Å². The Balaban J connectivity index is 1.65. The van der Waals surface area contributed by atoms with E-state index in [1.54, 1.807) is 38.3 Å². The average molecular weight is 426 g/mol. The van der Waals surface area contributed by atoms with Crippen LogP contribution in [0.1, 0.15) is 22.8 Å². The first kappa shape index (κ1) is 21.0. The van der Waals surface area contributed by atoms with Gasteiger partial charge in [0.25, 0.3) is 11.8 Å². The van der Waals surface area contributed by atoms with E-state index in [2.05, 4.69) is 15.6 Å². The molecule has 0 saturated heterocycles. The SMILES string of the molecule is COc1ccc(C(=O)N/N=C(\c2ccccc2)C2C(=O)N(c3ccccc3)N=C2C)cc1. The molecule has 3 aromatic rings. The molecule has 0 aliphatic carbocycles. The van der Waals surface area contributed by atoms with Crippen molar-refractivity contribution in [3.05, 3.63) is 96.1 Å². The van der Waals surface area contributed by atoms with Crippen LogP contribution in [0.5, 0.6) is 5.75 Å². The molecule has 1 aliphatic heterocycles. The first-order valence-electron chi connectivity index (χ1n) is 10.1. The van der Waals surface area contributed by atoms with E-state index < -0.39 is 5.92 Å². The number of hydrogen-bond donors (Lipinski definition) is 1. The Bertz CT molecular complexity index is 1170. The molecule has 0 spiro atoms. The van der Waals surface area contributed by atoms with Gasteiger partial charge in [-0.3, -0.25) is 9.59 Å². The van der Waals surface area contributed by atoms with Gasteiger partial charge in [-0.2, -0.15) is 15.2 Å². The minimum atomic E-state index is -0.714. The molecule has 0 bridgehead atoms. The highest BCUT2D eigenvalue weighted by Gasteiger charge is 2.38. The summed E-state index contributed by atoms with van der Waals surface area (Å²) in [6, 6.07) is 25.2. The number of benzene rings is 3. The van der Waals surface area contributed by atoms with Gasteiger partial charge in [0.2, 0.25) is 0 Å². The molecule has 4 rings (SSSR count). The maximum Gasteiger partial charge on any atom is 0.271 e. The minimum absolute atomic E-state index is 0.227. The third-order valence-electron chi connectivity index (χ3n) is 5.11. The maximum atomic E-state index is 13.3. The fourth-order valence-corrected chi connectivity index (χ4v) is 3.46. The summed E-state index contributed by atoms with van der Waals surface area (Å²) in [5.74, 6) is -0.677. The van der Waals surface area contributed by atoms with E-state index in [9.17, 15) is 9.59 Å². The summed E-state index contributed by atoms with van der Waals surface area (Å²) in [7, 11) is 1.56. The fourth-order valence-electron chi connectivity index (χ4n) is 3.46. The van der Waals surface area contributed by atoms with Gasteiger partial charge in [-0.15, -0.1) is 0 Å². The van der Waals surface area contributed by atoms with E-state index in [1.165, 1.54) is 5.01 Å². The first-order valence-corrected chi connectivity index (χ1v) is 10.1. The van der Waals surface area contributed by atoms with Crippen molar-refractivity contribution < 1.29 is 14.3 Å². The summed E-state index contributed by atoms with van der Waals surface area (Å²) in [5, 5.41) is 10.2. The number of rotatable bonds is 6. The molecule has 7 nitrogen and oxygen atoms in total. The van der Waals surface area contributed by atoms with Gasteiger partial charge in [-0.1, -0.05) is 48.5 Å². The molecule has 7 heteroatoms. The zero-order valence-electron chi connectivity index (χ0n) is 17.7. The fraction of sp³-hybridized carbons (Fsp3) is 0.120. The number of carbonyl (C=O) groups excluding carboxylic acids is 2. The maximum absolute atomic E-state index is 13.3. The Morgan fingerprint density at radius 2 is 1.56 bits per heavy atom. The van der Waals surface area contributed by atoms with Crippen LogP contribution in [-0.2, 0) is 4.79 Å². The molecule has 0 aromatic heterocycles. The van der Waals surface area contributed by atoms with Crippen LogP contribution < -0.4 is 15.2 Å². The molecule has 1 atom stereocenters. The third-order valence-corrected chi connectivity index (χ3v) is 5.11. The van der Waals surface area contributed by atoms with Crippen molar-refractivity contribution in [2.24, 2.45) is 16.1 Å². The smallest absolute Gasteiger partial charge is 0.271 e. The summed E-state index contributed by atoms with van der Waals surface area (Å²) < 4.78 is 5.13. The summed E-state index contributed by atoms with van der Waals surface area (Å²) in [6.07, 6.45) is 0. The Hall–Kier alpha value is -4.26. The second-order valence-electron chi connectivity index (χ2n) is 7.19. The van der Waals surface area contributed by atoms with Crippen LogP contribution in [0.4, 0.5) is 5.69 Å². The van der Waals surface area contributed by atoms with Crippen molar-refractivity contribution >= 4 is 28.9 Å². The Labute approximate surface area is 186 Å². The number of hydrogen-bond acceptors (Lipinski definition) is 5. The number of amides is 2. The van der Waals surface area contributed by atoms with Gasteiger partial charge in [-0.05, 0) is 48.9 Å². The molecule has 0 saturated carbocycles. The minimum Gasteiger partial charge on any atom is -0.497 e. The second-order valence-corrected chi connectivity index (χ2v) is 7.19. The lowest BCUT2D eigenvalue weighted by Crippen LogP contribution is -2.35. The Morgan fingerprint density at radius 3 is 2.19 bits per heavy atom. The van der Waals surface area contributed by atoms with E-state index in [1.807, 2.05) is 60.7 Å². The first-order chi connectivity index (χ1) is 15.6. The molecule has 1 N–H and O–H groups in total. The molecular formula is C25H22N4O3. The van der Waals surface area contributed by atoms with E-state index in [-0.39, 0.29) is 11.8 Å². The van der Waals surface area contributed by atoms with Crippen LogP contribution in [0.25, 0.3) is 0 Å². The third kappa shape index (κ3) is 4.27. The normalized spacial score (nSPS) is 16.0. The van der Waals surface area contributed by atoms with Gasteiger partial charge in [0.15, 0.2) is 0 Å². The van der Waals surface area contributed by atoms with Crippen molar-refractivity contribution in [2.75, 3.05) is 12.1 Å². The monoisotopic (exact) mass is 426 g/mol. The van der Waals surface area contributed by atoms with Crippen LogP contribution in [0.2, 0.25) is 0 Å². The molecule has 2 amide bonds. The number of hydrazone groups is 2. The number of carbonyl (C=O) groups is 2. The standard InChI is InChI=1S/C25H22N4O3/c1-17-22(25(31)29(28-17)20-11-7-4-8-12-20)23(18-9-5-3-6-10-18)26-27-24(30)19-13-15-21(32-2)16-14-19/h3-16,22H,1-2H3,(H,27,30)/b26-23+. The summed E-state index contributed by atoms with van der Waals surface area (Å²) in [5.41, 5.74) is 5.44. The van der Waals surface area contributed by atoms with Crippen LogP contribution in [-0.4, -0.2) is 30.3 Å². The summed E-state index contributed by atoms with van der Waals surface area (Å²) in [6.45, 7) is 1.79. The lowest BCUT2D eigenvalue weighted by molar-refractivity contribution is -0.118. The average Bonchev–Trinajstić information content (AvgIpc) is 3.14. The number of anilines is 1. The molecule has 3 aromatic carbocycles. The zero-order valence-corrected chi connectivity index (χ0v) is 17.7. The van der Waals surface area contributed by atoms with Crippen LogP contribution in [0, 0.1) is 5.92 Å². The van der Waals surface area contributed by atoms with Gasteiger partial charge in [-0.25, -0.2) is 5.43 Å². The number of nitrogens with one attached hydrogen (secondary N) is 1. The van der Waals surface area contributed by atoms with Crippen molar-refractivity contribution in [2.45, 2.75) is 6.92 Å². The second kappa shape index (κ2) is 9.26. The molecular weight excluding hydrogens is 404 g/mol. The number of ether oxygens (including phenoxy) is 1. The molecule has 160 valence electrons. The lowest BCUT2D eigenvalue weighted by Gasteiger charge is -2.16. The highest BCUT2D eigenvalue weighted by Crippen LogP contribution is 2.26. The highest BCUT2D eigenvalue weighted by molar-refractivity contribution is 6.32. The van der Waals surface area contributed by atoms with E-state index in [0.29, 0.717) is 28.4 Å². The van der Waals surface area contributed by atoms with E-state index >= 15 is 0 Å². The number of methoxy groups -OCH3 is 1. The molecule has 32 heavy (non-hydrogen) atoms. The predicted molar refractivity (Wildman–Crippen MR) is 124 cm³/mol. The van der Waals surface area contributed by atoms with Gasteiger partial charge >= 0.3 is 0 Å². The van der Waals surface area contributed by atoms with Crippen molar-refractivity contribution in [1.82, 2.24) is 5.43 Å². The molecule has 1 aliphatic rings. The van der Waals surface area contributed by atoms with Crippen molar-refractivity contribution in [3.63, 3.8) is 0 Å². The Kier molecular flexibility index (Phi) is 6.07. The van der Waals surface area contributed by atoms with Crippen molar-refractivity contribution in [1.29, 1.82) is 0 Å².